The number of H-pyrrole nitrogens is 4. The number of hydrogen-bond donors (Lipinski definition) is 10. The van der Waals surface area contributed by atoms with Gasteiger partial charge in [0.15, 0.2) is 23.3 Å². The number of esters is 1. The summed E-state index contributed by atoms with van der Waals surface area (Å²) in [6.45, 7) is 2.02. The molecule has 0 atom stereocenters. The van der Waals surface area contributed by atoms with Gasteiger partial charge in [0.05, 0.1) is 46.8 Å². The lowest BCUT2D eigenvalue weighted by Crippen LogP contribution is -2.13. The average Bonchev–Trinajstić information content (AvgIpc) is 4.25. The molecule has 26 nitrogen and oxygen atoms in total. The molecule has 0 aliphatic carbocycles. The number of ether oxygens (including phenoxy) is 1. The van der Waals surface area contributed by atoms with Crippen molar-refractivity contribution in [1.29, 1.82) is 0 Å². The van der Waals surface area contributed by atoms with Gasteiger partial charge in [-0.15, -0.1) is 20.4 Å². The zero-order chi connectivity index (χ0) is 54.4. The number of aromatic carboxylic acids is 1. The second-order valence-electron chi connectivity index (χ2n) is 14.3. The molecule has 0 radical (unpaired) electrons. The van der Waals surface area contributed by atoms with E-state index < -0.39 is 35.8 Å². The smallest absolute Gasteiger partial charge is 0.338 e. The van der Waals surface area contributed by atoms with Gasteiger partial charge in [-0.1, -0.05) is 125 Å². The molecule has 0 bridgehead atoms. The monoisotopic (exact) mass is 1100 g/mol. The first kappa shape index (κ1) is 57.0. The predicted octanol–water partition coefficient (Wildman–Crippen LogP) is 4.89. The van der Waals surface area contributed by atoms with Crippen molar-refractivity contribution in [1.82, 2.24) is 60.7 Å². The molecule has 2 amide bonds. The van der Waals surface area contributed by atoms with Crippen LogP contribution in [-0.2, 0) is 23.9 Å². The van der Waals surface area contributed by atoms with Gasteiger partial charge in [0.2, 0.25) is 32.4 Å². The van der Waals surface area contributed by atoms with E-state index in [1.807, 2.05) is 31.2 Å². The van der Waals surface area contributed by atoms with E-state index in [0.29, 0.717) is 66.6 Å². The zero-order valence-corrected chi connectivity index (χ0v) is 42.3. The van der Waals surface area contributed by atoms with Crippen LogP contribution in [0.4, 0.5) is 0 Å². The van der Waals surface area contributed by atoms with Gasteiger partial charge in [0.25, 0.3) is 0 Å². The fraction of sp³-hybridized carbons (Fsp3) is 0.133. The number of nitrogens with two attached hydrogens (primary N) is 2. The normalized spacial score (nSPS) is 10.3. The average molecular weight is 1100 g/mol. The summed E-state index contributed by atoms with van der Waals surface area (Å²) in [6, 6.07) is 27.8. The number of benzene rings is 4. The number of hydrogen-bond acceptors (Lipinski definition) is 20. The van der Waals surface area contributed by atoms with E-state index in [2.05, 4.69) is 60.7 Å². The Morgan fingerprint density at radius 3 is 1.27 bits per heavy atom. The topological polar surface area (TPSA) is 428 Å². The van der Waals surface area contributed by atoms with Crippen LogP contribution < -0.4 is 11.5 Å². The van der Waals surface area contributed by atoms with E-state index in [0.717, 1.165) is 46.4 Å². The summed E-state index contributed by atoms with van der Waals surface area (Å²) >= 11 is 4.16. The molecule has 0 fully saturated rings. The summed E-state index contributed by atoms with van der Waals surface area (Å²) in [5, 5.41) is 62.6. The lowest BCUT2D eigenvalue weighted by Gasteiger charge is -2.04. The van der Waals surface area contributed by atoms with Crippen molar-refractivity contribution in [2.24, 2.45) is 11.5 Å². The molecule has 4 aromatic heterocycles. The second kappa shape index (κ2) is 28.4. The van der Waals surface area contributed by atoms with Crippen LogP contribution in [0.1, 0.15) is 36.6 Å². The number of aromatic amines is 4. The fourth-order valence-corrected chi connectivity index (χ4v) is 7.89. The highest BCUT2D eigenvalue weighted by molar-refractivity contribution is 8.00. The number of aliphatic carboxylic acids is 3. The molecule has 8 rings (SSSR count). The lowest BCUT2D eigenvalue weighted by molar-refractivity contribution is -0.134. The maximum atomic E-state index is 11.7. The summed E-state index contributed by atoms with van der Waals surface area (Å²) in [6.07, 6.45) is 0. The molecule has 0 unspecified atom stereocenters. The highest BCUT2D eigenvalue weighted by atomic mass is 32.2. The summed E-state index contributed by atoms with van der Waals surface area (Å²) in [5.41, 5.74) is 14.7. The quantitative estimate of drug-likeness (QED) is 0.0381. The number of carboxylic acid groups (broad SMARTS) is 4. The second-order valence-corrected chi connectivity index (χ2v) is 18.1. The van der Waals surface area contributed by atoms with Crippen molar-refractivity contribution in [2.75, 3.05) is 30.1 Å². The van der Waals surface area contributed by atoms with Crippen LogP contribution in [0.2, 0.25) is 0 Å². The van der Waals surface area contributed by atoms with E-state index in [4.69, 9.17) is 36.6 Å². The Morgan fingerprint density at radius 1 is 0.493 bits per heavy atom. The standard InChI is InChI=1S/C12H11N3O4S.C11H10N4O3S.C11H12N4OS.C11H9N3O4S/c1-19-11(18)8-5-3-2-4-7(8)10-13-12(15-14-10)20-6-9(16)17;12-9(18)6-3-1-2-4-7(6)10-13-11(15-14-10)19-5-8(16)17;1-7-3-2-4-8(5-7)10-13-11(15-14-10)17-6-9(12)16;15-8(16)5-19-11-12-9(13-14-11)6-3-1-2-4-7(6)10(17)18/h2-5H,6H2,1H3,(H,16,17)(H,13,14,15);1-4H,5H2,(H2,12,18)(H,16,17)(H,13,14,15);2-5H,6H2,1H3,(H2,12,16)(H,13,14,15);1-4H,5H2,(H,15,16)(H,17,18)(H,12,13,14). The summed E-state index contributed by atoms with van der Waals surface area (Å²) in [5.74, 6) is -3.82. The van der Waals surface area contributed by atoms with Crippen LogP contribution in [0.3, 0.4) is 0 Å². The van der Waals surface area contributed by atoms with Gasteiger partial charge in [-0.3, -0.25) is 44.4 Å². The number of amides is 2. The van der Waals surface area contributed by atoms with Crippen LogP contribution in [0, 0.1) is 6.92 Å². The highest BCUT2D eigenvalue weighted by Gasteiger charge is 2.18. The molecule has 0 spiro atoms. The maximum Gasteiger partial charge on any atom is 0.338 e. The lowest BCUT2D eigenvalue weighted by atomic mass is 10.1. The summed E-state index contributed by atoms with van der Waals surface area (Å²) in [4.78, 5) is 92.6. The number of nitrogens with one attached hydrogen (secondary N) is 4. The van der Waals surface area contributed by atoms with E-state index in [-0.39, 0.29) is 39.6 Å². The molecule has 0 saturated heterocycles. The van der Waals surface area contributed by atoms with Gasteiger partial charge in [0, 0.05) is 22.3 Å². The van der Waals surface area contributed by atoms with E-state index in [1.165, 1.54) is 24.9 Å². The minimum atomic E-state index is -1.06. The molecule has 12 N–H and O–H groups in total. The van der Waals surface area contributed by atoms with Gasteiger partial charge in [-0.2, -0.15) is 0 Å². The van der Waals surface area contributed by atoms with E-state index >= 15 is 0 Å². The Balaban J connectivity index is 0.000000185. The molecular formula is C45H42N14O12S4. The van der Waals surface area contributed by atoms with Crippen LogP contribution in [0.25, 0.3) is 45.6 Å². The number of aromatic nitrogens is 12. The van der Waals surface area contributed by atoms with Crippen molar-refractivity contribution >= 4 is 88.7 Å². The molecule has 75 heavy (non-hydrogen) atoms. The third-order valence-electron chi connectivity index (χ3n) is 8.92. The maximum absolute atomic E-state index is 11.7. The number of carbonyl (C=O) groups excluding carboxylic acids is 3. The van der Waals surface area contributed by atoms with E-state index in [9.17, 15) is 33.6 Å². The van der Waals surface area contributed by atoms with Crippen LogP contribution in [0.5, 0.6) is 0 Å². The number of primary amides is 2. The molecule has 4 heterocycles. The molecule has 8 aromatic rings. The third-order valence-corrected chi connectivity index (χ3v) is 12.3. The third kappa shape index (κ3) is 18.0. The molecule has 0 aliphatic rings. The van der Waals surface area contributed by atoms with Gasteiger partial charge >= 0.3 is 29.8 Å². The molecular weight excluding hydrogens is 1060 g/mol. The minimum Gasteiger partial charge on any atom is -0.481 e. The Kier molecular flexibility index (Phi) is 21.6. The number of methoxy groups -OCH3 is 1. The van der Waals surface area contributed by atoms with Crippen molar-refractivity contribution < 1.29 is 58.7 Å². The predicted molar refractivity (Wildman–Crippen MR) is 274 cm³/mol. The number of thioether (sulfide) groups is 4. The summed E-state index contributed by atoms with van der Waals surface area (Å²) < 4.78 is 4.70. The van der Waals surface area contributed by atoms with Crippen molar-refractivity contribution in [3.05, 3.63) is 119 Å². The van der Waals surface area contributed by atoms with E-state index in [1.54, 1.807) is 66.7 Å². The Hall–Kier alpha value is -8.87. The first-order valence-electron chi connectivity index (χ1n) is 21.0. The van der Waals surface area contributed by atoms with Crippen LogP contribution in [0.15, 0.2) is 118 Å². The molecule has 30 heteroatoms. The van der Waals surface area contributed by atoms with Gasteiger partial charge in [-0.05, 0) is 31.2 Å². The number of rotatable bonds is 19. The van der Waals surface area contributed by atoms with Gasteiger partial charge in [-0.25, -0.2) is 29.5 Å². The number of aryl methyl sites for hydroxylation is 1. The van der Waals surface area contributed by atoms with Crippen LogP contribution >= 0.6 is 47.0 Å². The summed E-state index contributed by atoms with van der Waals surface area (Å²) in [7, 11) is 1.30. The van der Waals surface area contributed by atoms with Crippen molar-refractivity contribution in [3.63, 3.8) is 0 Å². The molecule has 388 valence electrons. The Morgan fingerprint density at radius 2 is 0.867 bits per heavy atom. The van der Waals surface area contributed by atoms with Crippen molar-refractivity contribution in [2.45, 2.75) is 27.5 Å². The van der Waals surface area contributed by atoms with Gasteiger partial charge < -0.3 is 36.6 Å². The van der Waals surface area contributed by atoms with Crippen molar-refractivity contribution in [3.8, 4) is 45.6 Å². The highest BCUT2D eigenvalue weighted by Crippen LogP contribution is 2.26. The first-order chi connectivity index (χ1) is 35.9. The Bertz CT molecular complexity index is 3180. The number of carbonyl (C=O) groups is 7. The molecule has 4 aromatic carbocycles. The molecule has 0 aliphatic heterocycles. The number of carboxylic acids is 4. The largest absolute Gasteiger partial charge is 0.481 e. The zero-order valence-electron chi connectivity index (χ0n) is 39.0. The first-order valence-corrected chi connectivity index (χ1v) is 25.0. The van der Waals surface area contributed by atoms with Crippen LogP contribution in [-0.4, -0.2) is 153 Å². The number of nitrogens with zero attached hydrogens (tertiary/aromatic N) is 8. The SMILES string of the molecule is COC(=O)c1ccccc1-c1nc(SCC(=O)O)n[nH]1.Cc1cccc(-c2nc(SCC(N)=O)n[nH]2)c1.NC(=O)c1ccccc1-c1nc(SCC(=O)O)n[nH]1.O=C(O)CSc1n[nH]c(-c2ccccc2C(=O)O)n1. The van der Waals surface area contributed by atoms with Gasteiger partial charge in [0.1, 0.15) is 0 Å². The Labute approximate surface area is 440 Å². The minimum absolute atomic E-state index is 0.105. The fourth-order valence-electron chi connectivity index (χ4n) is 5.80. The molecule has 0 saturated carbocycles.